The minimum atomic E-state index is -0.393. The summed E-state index contributed by atoms with van der Waals surface area (Å²) in [6.07, 6.45) is 17.5. The number of aromatic nitrogens is 2. The number of hydrogen-bond acceptors (Lipinski definition) is 8. The maximum atomic E-state index is 12.1. The van der Waals surface area contributed by atoms with E-state index in [-0.39, 0.29) is 11.2 Å². The van der Waals surface area contributed by atoms with Gasteiger partial charge in [-0.15, -0.1) is 0 Å². The van der Waals surface area contributed by atoms with E-state index in [0.29, 0.717) is 66.0 Å². The molecular formula is C44H59N3O6. The zero-order valence-electron chi connectivity index (χ0n) is 32.5. The largest absolute Gasteiger partial charge is 0.490 e. The molecule has 286 valence electrons. The zero-order chi connectivity index (χ0) is 37.4. The van der Waals surface area contributed by atoms with E-state index in [1.807, 2.05) is 12.1 Å². The molecule has 0 atom stereocenters. The van der Waals surface area contributed by atoms with Gasteiger partial charge in [0.15, 0.2) is 28.5 Å². The Labute approximate surface area is 314 Å². The third-order valence-electron chi connectivity index (χ3n) is 9.86. The Morgan fingerprint density at radius 3 is 1.25 bits per heavy atom. The van der Waals surface area contributed by atoms with Crippen molar-refractivity contribution in [2.24, 2.45) is 0 Å². The lowest BCUT2D eigenvalue weighted by Crippen LogP contribution is -2.04. The first kappa shape index (κ1) is 39.8. The van der Waals surface area contributed by atoms with Crippen LogP contribution in [0.1, 0.15) is 130 Å². The number of unbranched alkanes of at least 4 members (excludes halogenated alkanes) is 12. The molecule has 5 rings (SSSR count). The van der Waals surface area contributed by atoms with Crippen molar-refractivity contribution >= 4 is 49.3 Å². The molecule has 1 aromatic heterocycles. The highest BCUT2D eigenvalue weighted by atomic mass is 16.6. The summed E-state index contributed by atoms with van der Waals surface area (Å²) < 4.78 is 25.9. The smallest absolute Gasteiger partial charge is 0.297 e. The van der Waals surface area contributed by atoms with Crippen molar-refractivity contribution in [3.05, 3.63) is 52.6 Å². The zero-order valence-corrected chi connectivity index (χ0v) is 32.5. The molecule has 1 heterocycles. The lowest BCUT2D eigenvalue weighted by molar-refractivity contribution is -0.383. The molecule has 0 saturated heterocycles. The maximum Gasteiger partial charge on any atom is 0.297 e. The van der Waals surface area contributed by atoms with E-state index in [4.69, 9.17) is 28.9 Å². The van der Waals surface area contributed by atoms with Gasteiger partial charge in [-0.3, -0.25) is 10.1 Å². The van der Waals surface area contributed by atoms with Crippen LogP contribution in [0.3, 0.4) is 0 Å². The van der Waals surface area contributed by atoms with Gasteiger partial charge in [-0.25, -0.2) is 9.97 Å². The summed E-state index contributed by atoms with van der Waals surface area (Å²) in [5.74, 6) is 2.70. The molecule has 0 aliphatic carbocycles. The number of hydrogen-bond donors (Lipinski definition) is 0. The van der Waals surface area contributed by atoms with Gasteiger partial charge in [0.1, 0.15) is 0 Å². The van der Waals surface area contributed by atoms with Crippen molar-refractivity contribution in [2.75, 3.05) is 26.4 Å². The minimum Gasteiger partial charge on any atom is -0.490 e. The molecule has 0 amide bonds. The van der Waals surface area contributed by atoms with Crippen LogP contribution in [0.25, 0.3) is 43.6 Å². The highest BCUT2D eigenvalue weighted by Gasteiger charge is 2.22. The van der Waals surface area contributed by atoms with E-state index in [2.05, 4.69) is 39.8 Å². The Balaban J connectivity index is 1.73. The van der Waals surface area contributed by atoms with Gasteiger partial charge in [0, 0.05) is 16.8 Å². The van der Waals surface area contributed by atoms with E-state index in [0.717, 1.165) is 105 Å². The Morgan fingerprint density at radius 2 is 0.868 bits per heavy atom. The second kappa shape index (κ2) is 20.7. The molecule has 4 aromatic carbocycles. The van der Waals surface area contributed by atoms with Crippen LogP contribution in [0.5, 0.6) is 23.0 Å². The Hall–Kier alpha value is -4.40. The summed E-state index contributed by atoms with van der Waals surface area (Å²) in [5.41, 5.74) is 1.86. The van der Waals surface area contributed by atoms with Gasteiger partial charge in [-0.1, -0.05) is 111 Å². The van der Waals surface area contributed by atoms with Crippen LogP contribution < -0.4 is 18.9 Å². The first-order valence-corrected chi connectivity index (χ1v) is 20.3. The molecule has 9 heteroatoms. The van der Waals surface area contributed by atoms with E-state index in [9.17, 15) is 10.1 Å². The molecule has 0 unspecified atom stereocenters. The summed E-state index contributed by atoms with van der Waals surface area (Å²) in [6, 6.07) is 13.1. The van der Waals surface area contributed by atoms with Crippen LogP contribution in [0.4, 0.5) is 5.69 Å². The van der Waals surface area contributed by atoms with Crippen molar-refractivity contribution in [1.29, 1.82) is 0 Å². The van der Waals surface area contributed by atoms with E-state index >= 15 is 0 Å². The predicted molar refractivity (Wildman–Crippen MR) is 217 cm³/mol. The third-order valence-corrected chi connectivity index (χ3v) is 9.86. The standard InChI is InChI=1S/C44H59N3O6/c1-5-9-13-17-24-50-38-28-32-33-29-39(51-25-18-14-10-6-2)41(53-27-20-16-12-8-4)31-35(33)43-42(34(32)30-40(38)52-26-19-15-11-7-3)45-36-22-21-23-37(47(48)49)44(36)46-43/h21-23,28-31H,5-20,24-27H2,1-4H3. The number of fused-ring (bicyclic) bond motifs is 7. The molecular weight excluding hydrogens is 666 g/mol. The first-order chi connectivity index (χ1) is 26.0. The van der Waals surface area contributed by atoms with Crippen LogP contribution in [0.2, 0.25) is 0 Å². The molecule has 9 nitrogen and oxygen atoms in total. The van der Waals surface area contributed by atoms with Gasteiger partial charge in [0.2, 0.25) is 0 Å². The Bertz CT molecular complexity index is 1940. The van der Waals surface area contributed by atoms with Crippen LogP contribution in [-0.4, -0.2) is 41.3 Å². The van der Waals surface area contributed by atoms with Crippen molar-refractivity contribution in [3.63, 3.8) is 0 Å². The average molecular weight is 726 g/mol. The summed E-state index contributed by atoms with van der Waals surface area (Å²) in [4.78, 5) is 21.9. The fourth-order valence-corrected chi connectivity index (χ4v) is 6.84. The Kier molecular flexibility index (Phi) is 15.6. The third kappa shape index (κ3) is 10.4. The van der Waals surface area contributed by atoms with Gasteiger partial charge >= 0.3 is 0 Å². The van der Waals surface area contributed by atoms with Crippen molar-refractivity contribution < 1.29 is 23.9 Å². The van der Waals surface area contributed by atoms with Gasteiger partial charge in [0.05, 0.1) is 47.9 Å². The summed E-state index contributed by atoms with van der Waals surface area (Å²) in [7, 11) is 0. The normalized spacial score (nSPS) is 11.5. The molecule has 0 bridgehead atoms. The summed E-state index contributed by atoms with van der Waals surface area (Å²) in [6.45, 7) is 11.1. The molecule has 0 radical (unpaired) electrons. The van der Waals surface area contributed by atoms with E-state index in [1.54, 1.807) is 12.1 Å². The van der Waals surface area contributed by atoms with Crippen LogP contribution in [0.15, 0.2) is 42.5 Å². The van der Waals surface area contributed by atoms with E-state index in [1.165, 1.54) is 25.3 Å². The SMILES string of the molecule is CCCCCCOc1cc2c3cc(OCCCCCC)c(OCCCCCC)cc3c3nc4c([N+](=O)[O-])cccc4nc3c2cc1OCCCCCC. The van der Waals surface area contributed by atoms with Gasteiger partial charge in [0.25, 0.3) is 5.69 Å². The second-order valence-electron chi connectivity index (χ2n) is 14.1. The van der Waals surface area contributed by atoms with Crippen LogP contribution in [0, 0.1) is 10.1 Å². The maximum absolute atomic E-state index is 12.1. The highest BCUT2D eigenvalue weighted by Crippen LogP contribution is 2.44. The van der Waals surface area contributed by atoms with Gasteiger partial charge in [-0.2, -0.15) is 0 Å². The molecule has 0 saturated carbocycles. The van der Waals surface area contributed by atoms with Gasteiger partial charge < -0.3 is 18.9 Å². The molecule has 0 spiro atoms. The average Bonchev–Trinajstić information content (AvgIpc) is 3.16. The first-order valence-electron chi connectivity index (χ1n) is 20.3. The van der Waals surface area contributed by atoms with Gasteiger partial charge in [-0.05, 0) is 66.8 Å². The minimum absolute atomic E-state index is 0.0764. The number of nitrogens with zero attached hydrogens (tertiary/aromatic N) is 3. The number of nitro benzene ring substituents is 1. The fourth-order valence-electron chi connectivity index (χ4n) is 6.84. The summed E-state index contributed by atoms with van der Waals surface area (Å²) in [5, 5.41) is 15.6. The number of rotatable bonds is 25. The van der Waals surface area contributed by atoms with E-state index < -0.39 is 4.92 Å². The monoisotopic (exact) mass is 725 g/mol. The van der Waals surface area contributed by atoms with Crippen molar-refractivity contribution in [3.8, 4) is 23.0 Å². The number of ether oxygens (including phenoxy) is 4. The van der Waals surface area contributed by atoms with Crippen LogP contribution in [-0.2, 0) is 0 Å². The molecule has 5 aromatic rings. The van der Waals surface area contributed by atoms with Crippen molar-refractivity contribution in [2.45, 2.75) is 130 Å². The molecule has 53 heavy (non-hydrogen) atoms. The number of benzene rings is 4. The predicted octanol–water partition coefficient (Wildman–Crippen LogP) is 12.8. The lowest BCUT2D eigenvalue weighted by atomic mass is 9.97. The topological polar surface area (TPSA) is 106 Å². The van der Waals surface area contributed by atoms with Crippen molar-refractivity contribution in [1.82, 2.24) is 9.97 Å². The number of non-ortho nitro benzene ring substituents is 1. The Morgan fingerprint density at radius 1 is 0.491 bits per heavy atom. The highest BCUT2D eigenvalue weighted by molar-refractivity contribution is 6.25. The molecule has 0 aliphatic rings. The lowest BCUT2D eigenvalue weighted by Gasteiger charge is -2.19. The fraction of sp³-hybridized carbons (Fsp3) is 0.545. The van der Waals surface area contributed by atoms with Crippen LogP contribution >= 0.6 is 0 Å². The molecule has 0 N–H and O–H groups in total. The molecule has 0 aliphatic heterocycles. The molecule has 0 fully saturated rings. The summed E-state index contributed by atoms with van der Waals surface area (Å²) >= 11 is 0. The number of nitro groups is 1. The number of para-hydroxylation sites is 1. The quantitative estimate of drug-likeness (QED) is 0.0192. The second-order valence-corrected chi connectivity index (χ2v) is 14.1.